The van der Waals surface area contributed by atoms with Crippen molar-refractivity contribution in [3.05, 3.63) is 63.6 Å². The molecule has 1 fully saturated rings. The molecule has 1 aliphatic rings. The van der Waals surface area contributed by atoms with Crippen LogP contribution in [0.15, 0.2) is 46.9 Å². The van der Waals surface area contributed by atoms with Gasteiger partial charge in [0.2, 0.25) is 21.8 Å². The number of nitrogens with zero attached hydrogens (tertiary/aromatic N) is 2. The van der Waals surface area contributed by atoms with Gasteiger partial charge in [0.25, 0.3) is 0 Å². The molecule has 0 unspecified atom stereocenters. The highest BCUT2D eigenvalue weighted by Crippen LogP contribution is 2.26. The fourth-order valence-corrected chi connectivity index (χ4v) is 5.53. The molecule has 2 amide bonds. The molecule has 35 heavy (non-hydrogen) atoms. The molecule has 0 aliphatic heterocycles. The molecule has 2 aromatic rings. The van der Waals surface area contributed by atoms with Crippen LogP contribution in [0.2, 0.25) is 0 Å². The molecule has 7 nitrogen and oxygen atoms in total. The summed E-state index contributed by atoms with van der Waals surface area (Å²) in [6.45, 7) is 5.24. The smallest absolute Gasteiger partial charge is 0.244 e. The van der Waals surface area contributed by atoms with Crippen molar-refractivity contribution in [2.24, 2.45) is 0 Å². The maximum atomic E-state index is 13.7. The number of amides is 2. The summed E-state index contributed by atoms with van der Waals surface area (Å²) in [5.74, 6) is -0.659. The number of carbonyl (C=O) groups is 2. The molecule has 2 aromatic carbocycles. The van der Waals surface area contributed by atoms with Crippen LogP contribution >= 0.6 is 15.9 Å². The second kappa shape index (κ2) is 11.6. The fraction of sp³-hybridized carbons (Fsp3) is 0.462. The number of aryl methyl sites for hydroxylation is 1. The zero-order valence-electron chi connectivity index (χ0n) is 20.8. The van der Waals surface area contributed by atoms with Crippen LogP contribution in [0.5, 0.6) is 0 Å². The second-order valence-electron chi connectivity index (χ2n) is 9.30. The third-order valence-electron chi connectivity index (χ3n) is 6.66. The fourth-order valence-electron chi connectivity index (χ4n) is 4.36. The Balaban J connectivity index is 1.90. The van der Waals surface area contributed by atoms with Crippen LogP contribution in [-0.2, 0) is 26.2 Å². The molecule has 0 heterocycles. The summed E-state index contributed by atoms with van der Waals surface area (Å²) in [6.07, 6.45) is 5.14. The predicted molar refractivity (Wildman–Crippen MR) is 143 cm³/mol. The van der Waals surface area contributed by atoms with Gasteiger partial charge in [0.1, 0.15) is 12.6 Å². The van der Waals surface area contributed by atoms with Crippen molar-refractivity contribution in [1.29, 1.82) is 0 Å². The van der Waals surface area contributed by atoms with Gasteiger partial charge in [-0.15, -0.1) is 0 Å². The molecule has 1 saturated carbocycles. The number of rotatable bonds is 9. The van der Waals surface area contributed by atoms with Crippen molar-refractivity contribution in [2.75, 3.05) is 17.1 Å². The lowest BCUT2D eigenvalue weighted by Gasteiger charge is -2.32. The number of halogens is 1. The molecule has 0 spiro atoms. The van der Waals surface area contributed by atoms with Crippen LogP contribution in [-0.4, -0.2) is 50.0 Å². The van der Waals surface area contributed by atoms with Gasteiger partial charge in [0.15, 0.2) is 0 Å². The van der Waals surface area contributed by atoms with Gasteiger partial charge < -0.3 is 10.2 Å². The zero-order valence-corrected chi connectivity index (χ0v) is 23.2. The van der Waals surface area contributed by atoms with Crippen molar-refractivity contribution in [3.63, 3.8) is 0 Å². The summed E-state index contributed by atoms with van der Waals surface area (Å²) in [7, 11) is -3.75. The maximum Gasteiger partial charge on any atom is 0.244 e. The Morgan fingerprint density at radius 3 is 2.31 bits per heavy atom. The molecule has 9 heteroatoms. The Bertz CT molecular complexity index is 1160. The molecule has 0 saturated heterocycles. The predicted octanol–water partition coefficient (Wildman–Crippen LogP) is 4.31. The molecule has 0 radical (unpaired) electrons. The monoisotopic (exact) mass is 563 g/mol. The number of carbonyl (C=O) groups excluding carboxylic acids is 2. The molecule has 1 atom stereocenters. The van der Waals surface area contributed by atoms with E-state index in [0.29, 0.717) is 5.69 Å². The molecule has 1 N–H and O–H groups in total. The SMILES string of the molecule is Cc1cccc(N(CC(=O)N(Cc2ccc(Br)cc2)[C@@H](C)C(=O)NC2CCCC2)S(C)(=O)=O)c1C. The van der Waals surface area contributed by atoms with Crippen molar-refractivity contribution >= 4 is 43.5 Å². The molecule has 0 aromatic heterocycles. The van der Waals surface area contributed by atoms with E-state index in [0.717, 1.165) is 57.4 Å². The van der Waals surface area contributed by atoms with Gasteiger partial charge in [0.05, 0.1) is 11.9 Å². The Morgan fingerprint density at radius 1 is 1.09 bits per heavy atom. The van der Waals surface area contributed by atoms with Crippen molar-refractivity contribution in [2.45, 2.75) is 65.1 Å². The van der Waals surface area contributed by atoms with Crippen LogP contribution in [0.25, 0.3) is 0 Å². The summed E-state index contributed by atoms with van der Waals surface area (Å²) in [5.41, 5.74) is 3.03. The Morgan fingerprint density at radius 2 is 1.71 bits per heavy atom. The highest BCUT2D eigenvalue weighted by atomic mass is 79.9. The average molecular weight is 565 g/mol. The lowest BCUT2D eigenvalue weighted by Crippen LogP contribution is -2.52. The summed E-state index contributed by atoms with van der Waals surface area (Å²) in [4.78, 5) is 28.2. The lowest BCUT2D eigenvalue weighted by atomic mass is 10.1. The largest absolute Gasteiger partial charge is 0.352 e. The normalized spacial score (nSPS) is 15.0. The van der Waals surface area contributed by atoms with Gasteiger partial charge in [-0.05, 0) is 68.5 Å². The summed E-state index contributed by atoms with van der Waals surface area (Å²) >= 11 is 3.42. The Kier molecular flexibility index (Phi) is 8.99. The minimum absolute atomic E-state index is 0.122. The van der Waals surface area contributed by atoms with E-state index in [2.05, 4.69) is 21.2 Å². The van der Waals surface area contributed by atoms with Crippen molar-refractivity contribution < 1.29 is 18.0 Å². The van der Waals surface area contributed by atoms with Crippen molar-refractivity contribution in [1.82, 2.24) is 10.2 Å². The first-order chi connectivity index (χ1) is 16.5. The van der Waals surface area contributed by atoms with Gasteiger partial charge in [-0.25, -0.2) is 8.42 Å². The standard InChI is InChI=1S/C26H34BrN3O4S/c1-18-8-7-11-24(19(18)2)30(35(4,33)34)17-25(31)29(16-21-12-14-22(27)15-13-21)20(3)26(32)28-23-9-5-6-10-23/h7-8,11-15,20,23H,5-6,9-10,16-17H2,1-4H3,(H,28,32)/t20-/m0/s1. The number of sulfonamides is 1. The highest BCUT2D eigenvalue weighted by molar-refractivity contribution is 9.10. The molecular weight excluding hydrogens is 530 g/mol. The van der Waals surface area contributed by atoms with E-state index in [9.17, 15) is 18.0 Å². The topological polar surface area (TPSA) is 86.8 Å². The molecule has 0 bridgehead atoms. The van der Waals surface area contributed by atoms with Crippen LogP contribution < -0.4 is 9.62 Å². The van der Waals surface area contributed by atoms with Crippen LogP contribution in [0.4, 0.5) is 5.69 Å². The second-order valence-corrected chi connectivity index (χ2v) is 12.1. The summed E-state index contributed by atoms with van der Waals surface area (Å²) in [6, 6.07) is 12.2. The third kappa shape index (κ3) is 7.07. The van der Waals surface area contributed by atoms with Crippen LogP contribution in [0, 0.1) is 13.8 Å². The number of hydrogen-bond acceptors (Lipinski definition) is 4. The number of nitrogens with one attached hydrogen (secondary N) is 1. The van der Waals surface area contributed by atoms with E-state index in [4.69, 9.17) is 0 Å². The van der Waals surface area contributed by atoms with E-state index < -0.39 is 22.0 Å². The molecule has 3 rings (SSSR count). The van der Waals surface area contributed by atoms with E-state index in [1.54, 1.807) is 19.1 Å². The number of hydrogen-bond donors (Lipinski definition) is 1. The van der Waals surface area contributed by atoms with E-state index in [1.165, 1.54) is 4.90 Å². The van der Waals surface area contributed by atoms with E-state index in [-0.39, 0.29) is 25.0 Å². The summed E-state index contributed by atoms with van der Waals surface area (Å²) < 4.78 is 27.5. The third-order valence-corrected chi connectivity index (χ3v) is 8.31. The number of benzene rings is 2. The van der Waals surface area contributed by atoms with E-state index in [1.807, 2.05) is 44.2 Å². The lowest BCUT2D eigenvalue weighted by molar-refractivity contribution is -0.139. The molecule has 190 valence electrons. The van der Waals surface area contributed by atoms with Crippen LogP contribution in [0.3, 0.4) is 0 Å². The van der Waals surface area contributed by atoms with Gasteiger partial charge in [-0.1, -0.05) is 53.0 Å². The molecular formula is C26H34BrN3O4S. The van der Waals surface area contributed by atoms with E-state index >= 15 is 0 Å². The maximum absolute atomic E-state index is 13.7. The average Bonchev–Trinajstić information content (AvgIpc) is 3.31. The first kappa shape index (κ1) is 27.2. The minimum Gasteiger partial charge on any atom is -0.352 e. The van der Waals surface area contributed by atoms with Crippen molar-refractivity contribution in [3.8, 4) is 0 Å². The zero-order chi connectivity index (χ0) is 25.8. The molecule has 1 aliphatic carbocycles. The van der Waals surface area contributed by atoms with Gasteiger partial charge in [0, 0.05) is 17.1 Å². The van der Waals surface area contributed by atoms with Gasteiger partial charge in [-0.3, -0.25) is 13.9 Å². The summed E-state index contributed by atoms with van der Waals surface area (Å²) in [5, 5.41) is 3.07. The minimum atomic E-state index is -3.75. The first-order valence-corrected chi connectivity index (χ1v) is 14.5. The van der Waals surface area contributed by atoms with Gasteiger partial charge in [-0.2, -0.15) is 0 Å². The Hall–Kier alpha value is -2.39. The van der Waals surface area contributed by atoms with Crippen LogP contribution in [0.1, 0.15) is 49.3 Å². The quantitative estimate of drug-likeness (QED) is 0.492. The Labute approximate surface area is 217 Å². The van der Waals surface area contributed by atoms with Gasteiger partial charge >= 0.3 is 0 Å². The number of anilines is 1. The first-order valence-electron chi connectivity index (χ1n) is 11.9. The highest BCUT2D eigenvalue weighted by Gasteiger charge is 2.31.